The fourth-order valence-electron chi connectivity index (χ4n) is 5.27. The smallest absolute Gasteiger partial charge is 0.373 e. The molecule has 2 saturated carbocycles. The quantitative estimate of drug-likeness (QED) is 0.438. The lowest BCUT2D eigenvalue weighted by Gasteiger charge is -2.40. The van der Waals surface area contributed by atoms with Crippen molar-refractivity contribution in [1.82, 2.24) is 4.90 Å². The average molecular weight is 410 g/mol. The first kappa shape index (κ1) is 20.3. The van der Waals surface area contributed by atoms with Gasteiger partial charge in [-0.15, -0.1) is 0 Å². The fraction of sp³-hybridized carbons (Fsp3) is 0.478. The van der Waals surface area contributed by atoms with E-state index in [1.165, 1.54) is 6.07 Å². The molecule has 7 nitrogen and oxygen atoms in total. The second-order valence-electron chi connectivity index (χ2n) is 9.32. The molecule has 2 aliphatic rings. The lowest BCUT2D eigenvalue weighted by atomic mass is 9.64. The second-order valence-corrected chi connectivity index (χ2v) is 9.32. The monoisotopic (exact) mass is 410 g/mol. The molecule has 2 bridgehead atoms. The molecular weight excluding hydrogens is 384 g/mol. The van der Waals surface area contributed by atoms with Crippen molar-refractivity contribution in [2.75, 3.05) is 14.1 Å². The summed E-state index contributed by atoms with van der Waals surface area (Å²) in [5.74, 6) is -0.790. The molecule has 30 heavy (non-hydrogen) atoms. The van der Waals surface area contributed by atoms with Gasteiger partial charge in [-0.3, -0.25) is 4.79 Å². The molecule has 2 unspecified atom stereocenters. The summed E-state index contributed by atoms with van der Waals surface area (Å²) in [6.45, 7) is 6.25. The average Bonchev–Trinajstić information content (AvgIpc) is 3.01. The van der Waals surface area contributed by atoms with Gasteiger partial charge >= 0.3 is 11.6 Å². The third kappa shape index (κ3) is 2.57. The van der Waals surface area contributed by atoms with E-state index in [-0.39, 0.29) is 22.3 Å². The van der Waals surface area contributed by atoms with Gasteiger partial charge in [-0.25, -0.2) is 9.59 Å². The Morgan fingerprint density at radius 1 is 1.13 bits per heavy atom. The zero-order valence-corrected chi connectivity index (χ0v) is 17.9. The van der Waals surface area contributed by atoms with E-state index in [2.05, 4.69) is 25.9 Å². The highest BCUT2D eigenvalue weighted by atomic mass is 16.7. The van der Waals surface area contributed by atoms with Crippen molar-refractivity contribution in [1.29, 1.82) is 0 Å². The molecule has 1 amide bonds. The van der Waals surface area contributed by atoms with E-state index in [1.807, 2.05) is 0 Å². The molecule has 1 heterocycles. The van der Waals surface area contributed by atoms with Crippen LogP contribution in [-0.4, -0.2) is 36.6 Å². The summed E-state index contributed by atoms with van der Waals surface area (Å²) in [7, 11) is 3.52. The Morgan fingerprint density at radius 3 is 2.53 bits per heavy atom. The van der Waals surface area contributed by atoms with Crippen LogP contribution in [0, 0.1) is 16.2 Å². The lowest BCUT2D eigenvalue weighted by Crippen LogP contribution is -2.46. The number of nitrogens with zero attached hydrogens (tertiary/aromatic N) is 2. The molecular formula is C23H26N2O5. The van der Waals surface area contributed by atoms with E-state index in [9.17, 15) is 14.4 Å². The third-order valence-corrected chi connectivity index (χ3v) is 7.65. The van der Waals surface area contributed by atoms with Gasteiger partial charge in [0, 0.05) is 31.3 Å². The highest BCUT2D eigenvalue weighted by molar-refractivity contribution is 6.02. The molecule has 158 valence electrons. The van der Waals surface area contributed by atoms with Gasteiger partial charge in [0.25, 0.3) is 0 Å². The topological polar surface area (TPSA) is 89.2 Å². The minimum Gasteiger partial charge on any atom is -0.422 e. The lowest BCUT2D eigenvalue weighted by molar-refractivity contribution is -0.144. The Morgan fingerprint density at radius 2 is 1.83 bits per heavy atom. The Labute approximate surface area is 174 Å². The van der Waals surface area contributed by atoms with Crippen LogP contribution in [0.4, 0.5) is 0 Å². The van der Waals surface area contributed by atoms with E-state index in [4.69, 9.17) is 9.25 Å². The van der Waals surface area contributed by atoms with Gasteiger partial charge in [0.1, 0.15) is 11.1 Å². The number of benzene rings is 1. The van der Waals surface area contributed by atoms with Crippen molar-refractivity contribution in [2.45, 2.75) is 40.0 Å². The number of oxime groups is 1. The normalized spacial score (nSPS) is 28.1. The summed E-state index contributed by atoms with van der Waals surface area (Å²) >= 11 is 0. The minimum atomic E-state index is -0.862. The number of amides is 1. The van der Waals surface area contributed by atoms with Gasteiger partial charge in [0.15, 0.2) is 0 Å². The van der Waals surface area contributed by atoms with E-state index in [1.54, 1.807) is 43.3 Å². The number of hydrogen-bond donors (Lipinski definition) is 0. The summed E-state index contributed by atoms with van der Waals surface area (Å²) in [6.07, 6.45) is 2.00. The van der Waals surface area contributed by atoms with Gasteiger partial charge in [0.05, 0.1) is 11.1 Å². The van der Waals surface area contributed by atoms with Crippen LogP contribution in [0.25, 0.3) is 11.0 Å². The number of hydrogen-bond acceptors (Lipinski definition) is 6. The molecule has 1 aromatic heterocycles. The van der Waals surface area contributed by atoms with Crippen LogP contribution in [0.2, 0.25) is 0 Å². The number of rotatable bonds is 3. The third-order valence-electron chi connectivity index (χ3n) is 7.65. The Kier molecular flexibility index (Phi) is 4.42. The van der Waals surface area contributed by atoms with Gasteiger partial charge < -0.3 is 14.2 Å². The minimum absolute atomic E-state index is 0.0722. The number of carbonyl (C=O) groups excluding carboxylic acids is 2. The summed E-state index contributed by atoms with van der Waals surface area (Å²) in [5, 5.41) is 4.80. The fourth-order valence-corrected chi connectivity index (χ4v) is 5.27. The molecule has 0 spiro atoms. The number of carbonyl (C=O) groups is 2. The van der Waals surface area contributed by atoms with Crippen molar-refractivity contribution in [3.8, 4) is 0 Å². The molecule has 1 aromatic carbocycles. The van der Waals surface area contributed by atoms with Crippen molar-refractivity contribution < 1.29 is 18.8 Å². The molecule has 0 saturated heterocycles. The predicted molar refractivity (Wildman–Crippen MR) is 112 cm³/mol. The number of fused-ring (bicyclic) bond motifs is 3. The Hall–Kier alpha value is -2.96. The molecule has 2 fully saturated rings. The summed E-state index contributed by atoms with van der Waals surface area (Å²) < 4.78 is 5.21. The number of para-hydroxylation sites is 1. The first-order valence-electron chi connectivity index (χ1n) is 10.1. The second kappa shape index (κ2) is 6.52. The SMILES string of the molecule is CN(C)C(=O)C12CCC(C)(C(=NOC(=O)c3cc4ccccc4oc3=O)C1)C2(C)C. The zero-order chi connectivity index (χ0) is 21.9. The first-order chi connectivity index (χ1) is 14.0. The van der Waals surface area contributed by atoms with Crippen molar-refractivity contribution in [3.63, 3.8) is 0 Å². The maximum Gasteiger partial charge on any atom is 0.373 e. The largest absolute Gasteiger partial charge is 0.422 e. The van der Waals surface area contributed by atoms with Crippen molar-refractivity contribution in [2.24, 2.45) is 21.4 Å². The van der Waals surface area contributed by atoms with Crippen LogP contribution in [0.5, 0.6) is 0 Å². The van der Waals surface area contributed by atoms with Gasteiger partial charge in [0.2, 0.25) is 5.91 Å². The van der Waals surface area contributed by atoms with Crippen LogP contribution < -0.4 is 5.63 Å². The highest BCUT2D eigenvalue weighted by Crippen LogP contribution is 2.71. The molecule has 0 N–H and O–H groups in total. The summed E-state index contributed by atoms with van der Waals surface area (Å²) in [4.78, 5) is 44.7. The van der Waals surface area contributed by atoms with Gasteiger partial charge in [-0.05, 0) is 30.4 Å². The molecule has 0 aliphatic heterocycles. The predicted octanol–water partition coefficient (Wildman–Crippen LogP) is 3.61. The highest BCUT2D eigenvalue weighted by Gasteiger charge is 2.72. The molecule has 2 atom stereocenters. The summed E-state index contributed by atoms with van der Waals surface area (Å²) in [6, 6.07) is 8.39. The van der Waals surface area contributed by atoms with Crippen LogP contribution in [-0.2, 0) is 9.63 Å². The Bertz CT molecular complexity index is 1150. The van der Waals surface area contributed by atoms with Crippen molar-refractivity contribution >= 4 is 28.6 Å². The van der Waals surface area contributed by atoms with Crippen molar-refractivity contribution in [3.05, 3.63) is 46.3 Å². The van der Waals surface area contributed by atoms with E-state index in [0.29, 0.717) is 23.1 Å². The van der Waals surface area contributed by atoms with E-state index in [0.717, 1.165) is 12.8 Å². The molecule has 2 aliphatic carbocycles. The molecule has 4 rings (SSSR count). The first-order valence-corrected chi connectivity index (χ1v) is 10.1. The van der Waals surface area contributed by atoms with Gasteiger partial charge in [-0.1, -0.05) is 44.1 Å². The Balaban J connectivity index is 1.65. The van der Waals surface area contributed by atoms with E-state index < -0.39 is 17.0 Å². The maximum atomic E-state index is 13.1. The van der Waals surface area contributed by atoms with Crippen LogP contribution in [0.1, 0.15) is 50.4 Å². The standard InChI is InChI=1S/C23H26N2O5/c1-21(2)22(3)10-11-23(21,20(28)25(4)5)13-17(22)24-30-19(27)15-12-14-8-6-7-9-16(14)29-18(15)26/h6-9,12H,10-11,13H2,1-5H3. The van der Waals surface area contributed by atoms with E-state index >= 15 is 0 Å². The molecule has 0 radical (unpaired) electrons. The van der Waals surface area contributed by atoms with Crippen LogP contribution >= 0.6 is 0 Å². The summed E-state index contributed by atoms with van der Waals surface area (Å²) in [5.41, 5.74) is -1.16. The van der Waals surface area contributed by atoms with Crippen LogP contribution in [0.3, 0.4) is 0 Å². The van der Waals surface area contributed by atoms with Crippen LogP contribution in [0.15, 0.2) is 44.7 Å². The molecule has 2 aromatic rings. The van der Waals surface area contributed by atoms with Gasteiger partial charge in [-0.2, -0.15) is 0 Å². The zero-order valence-electron chi connectivity index (χ0n) is 17.9. The molecule has 7 heteroatoms. The maximum absolute atomic E-state index is 13.1.